The minimum Gasteiger partial charge on any atom is -0.286 e. The van der Waals surface area contributed by atoms with E-state index in [4.69, 9.17) is 11.6 Å². The predicted octanol–water partition coefficient (Wildman–Crippen LogP) is 5.97. The van der Waals surface area contributed by atoms with Crippen molar-refractivity contribution in [2.75, 3.05) is 5.75 Å². The van der Waals surface area contributed by atoms with E-state index in [1.165, 1.54) is 36.4 Å². The van der Waals surface area contributed by atoms with E-state index in [0.29, 0.717) is 16.1 Å². The molecule has 0 unspecified atom stereocenters. The zero-order chi connectivity index (χ0) is 24.1. The van der Waals surface area contributed by atoms with Crippen LogP contribution in [0.4, 0.5) is 13.2 Å². The van der Waals surface area contributed by atoms with Crippen molar-refractivity contribution in [3.8, 4) is 0 Å². The molecule has 33 heavy (non-hydrogen) atoms. The molecule has 0 heterocycles. The molecule has 0 fully saturated rings. The molecule has 0 aliphatic heterocycles. The standard InChI is InChI=1S/C23H19ClF3NO3S2/c24-18-13-11-17(12-14-18)21(28-33(30,31)19-9-5-2-6-10-19)20(16-7-3-1-4-8-16)22(29)32-15-23(25,26)27/h1-14,20-21,28H,15H2/t20-,21+/m0/s1. The van der Waals surface area contributed by atoms with Gasteiger partial charge in [-0.2, -0.15) is 13.2 Å². The van der Waals surface area contributed by atoms with Crippen LogP contribution < -0.4 is 4.72 Å². The summed E-state index contributed by atoms with van der Waals surface area (Å²) in [6.45, 7) is 0. The number of benzene rings is 3. The molecule has 0 bridgehead atoms. The largest absolute Gasteiger partial charge is 0.398 e. The summed E-state index contributed by atoms with van der Waals surface area (Å²) in [5.41, 5.74) is 0.765. The Bertz CT molecular complexity index is 1170. The van der Waals surface area contributed by atoms with Crippen LogP contribution >= 0.6 is 23.4 Å². The minimum absolute atomic E-state index is 0.0360. The summed E-state index contributed by atoms with van der Waals surface area (Å²) in [7, 11) is -4.11. The second kappa shape index (κ2) is 10.7. The van der Waals surface area contributed by atoms with Crippen LogP contribution in [0.5, 0.6) is 0 Å². The van der Waals surface area contributed by atoms with Gasteiger partial charge in [0.15, 0.2) is 5.12 Å². The molecule has 2 atom stereocenters. The molecule has 0 aliphatic rings. The summed E-state index contributed by atoms with van der Waals surface area (Å²) in [6.07, 6.45) is -4.55. The SMILES string of the molecule is O=C(SCC(F)(F)F)[C@@H](c1ccccc1)[C@H](NS(=O)(=O)c1ccccc1)c1ccc(Cl)cc1. The average molecular weight is 514 g/mol. The highest BCUT2D eigenvalue weighted by Crippen LogP contribution is 2.38. The second-order valence-corrected chi connectivity index (χ2v) is 10.2. The van der Waals surface area contributed by atoms with Gasteiger partial charge in [0.1, 0.15) is 0 Å². The number of carbonyl (C=O) groups is 1. The number of sulfonamides is 1. The lowest BCUT2D eigenvalue weighted by Crippen LogP contribution is -2.35. The summed E-state index contributed by atoms with van der Waals surface area (Å²) in [4.78, 5) is 13.1. The number of rotatable bonds is 8. The summed E-state index contributed by atoms with van der Waals surface area (Å²) < 4.78 is 67.3. The normalized spacial score (nSPS) is 13.9. The van der Waals surface area contributed by atoms with Crippen LogP contribution in [-0.4, -0.2) is 25.5 Å². The Morgan fingerprint density at radius 2 is 1.42 bits per heavy atom. The molecular weight excluding hydrogens is 495 g/mol. The van der Waals surface area contributed by atoms with Gasteiger partial charge in [0, 0.05) is 5.02 Å². The Labute approximate surface area is 199 Å². The van der Waals surface area contributed by atoms with E-state index in [1.807, 2.05) is 0 Å². The zero-order valence-electron chi connectivity index (χ0n) is 17.0. The van der Waals surface area contributed by atoms with Gasteiger partial charge in [-0.05, 0) is 35.4 Å². The lowest BCUT2D eigenvalue weighted by molar-refractivity contribution is -0.115. The van der Waals surface area contributed by atoms with Crippen molar-refractivity contribution in [3.05, 3.63) is 101 Å². The first-order valence-electron chi connectivity index (χ1n) is 9.68. The molecule has 10 heteroatoms. The highest BCUT2D eigenvalue weighted by Gasteiger charge is 2.37. The first-order valence-corrected chi connectivity index (χ1v) is 12.5. The van der Waals surface area contributed by atoms with Crippen LogP contribution in [0.15, 0.2) is 89.8 Å². The maximum Gasteiger partial charge on any atom is 0.398 e. The van der Waals surface area contributed by atoms with Gasteiger partial charge in [0.25, 0.3) is 0 Å². The molecular formula is C23H19ClF3NO3S2. The van der Waals surface area contributed by atoms with Gasteiger partial charge >= 0.3 is 6.18 Å². The molecule has 0 amide bonds. The molecule has 0 radical (unpaired) electrons. The zero-order valence-corrected chi connectivity index (χ0v) is 19.4. The van der Waals surface area contributed by atoms with Crippen molar-refractivity contribution in [1.82, 2.24) is 4.72 Å². The molecule has 3 aromatic rings. The van der Waals surface area contributed by atoms with E-state index in [1.54, 1.807) is 48.5 Å². The summed E-state index contributed by atoms with van der Waals surface area (Å²) in [5.74, 6) is -2.60. The van der Waals surface area contributed by atoms with Crippen molar-refractivity contribution < 1.29 is 26.4 Å². The lowest BCUT2D eigenvalue weighted by Gasteiger charge is -2.28. The number of nitrogens with one attached hydrogen (secondary N) is 1. The fourth-order valence-electron chi connectivity index (χ4n) is 3.20. The van der Waals surface area contributed by atoms with Crippen LogP contribution in [0.25, 0.3) is 0 Å². The minimum atomic E-state index is -4.55. The molecule has 0 saturated carbocycles. The van der Waals surface area contributed by atoms with Crippen molar-refractivity contribution in [3.63, 3.8) is 0 Å². The van der Waals surface area contributed by atoms with Crippen molar-refractivity contribution in [2.24, 2.45) is 0 Å². The molecule has 0 spiro atoms. The molecule has 0 aromatic heterocycles. The van der Waals surface area contributed by atoms with Crippen molar-refractivity contribution in [1.29, 1.82) is 0 Å². The Balaban J connectivity index is 2.09. The maximum atomic E-state index is 13.1. The van der Waals surface area contributed by atoms with E-state index >= 15 is 0 Å². The van der Waals surface area contributed by atoms with Crippen molar-refractivity contribution in [2.45, 2.75) is 23.0 Å². The number of halogens is 4. The highest BCUT2D eigenvalue weighted by molar-refractivity contribution is 8.13. The summed E-state index contributed by atoms with van der Waals surface area (Å²) >= 11 is 6.08. The topological polar surface area (TPSA) is 63.2 Å². The average Bonchev–Trinajstić information content (AvgIpc) is 2.78. The smallest absolute Gasteiger partial charge is 0.286 e. The molecule has 3 rings (SSSR count). The van der Waals surface area contributed by atoms with E-state index in [0.717, 1.165) is 0 Å². The molecule has 0 aliphatic carbocycles. The Kier molecular flexibility index (Phi) is 8.23. The number of alkyl halides is 3. The van der Waals surface area contributed by atoms with E-state index in [-0.39, 0.29) is 16.7 Å². The lowest BCUT2D eigenvalue weighted by atomic mass is 9.88. The third kappa shape index (κ3) is 7.07. The Hall–Kier alpha value is -2.33. The number of carbonyl (C=O) groups excluding carboxylic acids is 1. The van der Waals surface area contributed by atoms with Gasteiger partial charge in [-0.25, -0.2) is 13.1 Å². The summed E-state index contributed by atoms with van der Waals surface area (Å²) in [5, 5.41) is -0.424. The fourth-order valence-corrected chi connectivity index (χ4v) is 5.34. The van der Waals surface area contributed by atoms with Crippen LogP contribution in [0, 0.1) is 0 Å². The molecule has 174 valence electrons. The molecule has 3 aromatic carbocycles. The van der Waals surface area contributed by atoms with E-state index < -0.39 is 39.0 Å². The van der Waals surface area contributed by atoms with Gasteiger partial charge < -0.3 is 0 Å². The molecule has 0 saturated heterocycles. The number of thioether (sulfide) groups is 1. The summed E-state index contributed by atoms with van der Waals surface area (Å²) in [6, 6.07) is 20.6. The van der Waals surface area contributed by atoms with E-state index in [2.05, 4.69) is 4.72 Å². The Morgan fingerprint density at radius 1 is 0.879 bits per heavy atom. The van der Waals surface area contributed by atoms with Gasteiger partial charge in [0.05, 0.1) is 22.6 Å². The first-order chi connectivity index (χ1) is 15.6. The van der Waals surface area contributed by atoms with E-state index in [9.17, 15) is 26.4 Å². The quantitative estimate of drug-likeness (QED) is 0.403. The third-order valence-corrected chi connectivity index (χ3v) is 7.41. The van der Waals surface area contributed by atoms with Gasteiger partial charge in [-0.1, -0.05) is 84.0 Å². The van der Waals surface area contributed by atoms with Gasteiger partial charge in [0.2, 0.25) is 10.0 Å². The second-order valence-electron chi connectivity index (χ2n) is 7.07. The van der Waals surface area contributed by atoms with Crippen LogP contribution in [0.3, 0.4) is 0 Å². The van der Waals surface area contributed by atoms with Crippen molar-refractivity contribution >= 4 is 38.5 Å². The third-order valence-electron chi connectivity index (χ3n) is 4.69. The predicted molar refractivity (Wildman–Crippen MR) is 124 cm³/mol. The Morgan fingerprint density at radius 3 is 1.97 bits per heavy atom. The maximum absolute atomic E-state index is 13.1. The monoisotopic (exact) mass is 513 g/mol. The van der Waals surface area contributed by atoms with Crippen LogP contribution in [-0.2, 0) is 14.8 Å². The van der Waals surface area contributed by atoms with Gasteiger partial charge in [-0.15, -0.1) is 0 Å². The highest BCUT2D eigenvalue weighted by atomic mass is 35.5. The van der Waals surface area contributed by atoms with Crippen LogP contribution in [0.1, 0.15) is 23.1 Å². The fraction of sp³-hybridized carbons (Fsp3) is 0.174. The number of hydrogen-bond acceptors (Lipinski definition) is 4. The number of hydrogen-bond donors (Lipinski definition) is 1. The molecule has 4 nitrogen and oxygen atoms in total. The van der Waals surface area contributed by atoms with Crippen LogP contribution in [0.2, 0.25) is 5.02 Å². The molecule has 1 N–H and O–H groups in total. The first kappa shape index (κ1) is 25.3. The van der Waals surface area contributed by atoms with Gasteiger partial charge in [-0.3, -0.25) is 4.79 Å².